The highest BCUT2D eigenvalue weighted by atomic mass is 32.2. The molecule has 0 spiro atoms. The molecule has 0 aliphatic heterocycles. The number of thioether (sulfide) groups is 1. The molecule has 2 aromatic rings. The standard InChI is InChI=1S/C15H10F3NS/c16-15(17,18)13-6-7-14(12(8-13)9-19)20-10-11-4-2-1-3-5-11/h1-8H,10H2. The fourth-order valence-corrected chi connectivity index (χ4v) is 2.59. The second-order valence-corrected chi connectivity index (χ2v) is 5.11. The molecule has 20 heavy (non-hydrogen) atoms. The first-order chi connectivity index (χ1) is 9.50. The van der Waals surface area contributed by atoms with Gasteiger partial charge in [-0.05, 0) is 23.8 Å². The van der Waals surface area contributed by atoms with Gasteiger partial charge in [-0.3, -0.25) is 0 Å². The van der Waals surface area contributed by atoms with Crippen molar-refractivity contribution in [2.24, 2.45) is 0 Å². The monoisotopic (exact) mass is 293 g/mol. The number of nitriles is 1. The molecule has 0 heterocycles. The zero-order valence-electron chi connectivity index (χ0n) is 10.3. The third kappa shape index (κ3) is 3.55. The highest BCUT2D eigenvalue weighted by Gasteiger charge is 2.31. The topological polar surface area (TPSA) is 23.8 Å². The number of benzene rings is 2. The SMILES string of the molecule is N#Cc1cc(C(F)(F)F)ccc1SCc1ccccc1. The average Bonchev–Trinajstić information content (AvgIpc) is 2.45. The lowest BCUT2D eigenvalue weighted by Gasteiger charge is -2.09. The van der Waals surface area contributed by atoms with Gasteiger partial charge in [-0.1, -0.05) is 30.3 Å². The summed E-state index contributed by atoms with van der Waals surface area (Å²) in [6.07, 6.45) is -4.42. The van der Waals surface area contributed by atoms with Crippen LogP contribution < -0.4 is 0 Å². The molecular weight excluding hydrogens is 283 g/mol. The van der Waals surface area contributed by atoms with Crippen LogP contribution in [0.15, 0.2) is 53.4 Å². The molecule has 102 valence electrons. The van der Waals surface area contributed by atoms with Gasteiger partial charge in [-0.25, -0.2) is 0 Å². The maximum absolute atomic E-state index is 12.6. The Morgan fingerprint density at radius 2 is 1.75 bits per heavy atom. The molecule has 0 radical (unpaired) electrons. The van der Waals surface area contributed by atoms with Gasteiger partial charge in [0, 0.05) is 10.6 Å². The highest BCUT2D eigenvalue weighted by molar-refractivity contribution is 7.98. The van der Waals surface area contributed by atoms with Crippen molar-refractivity contribution >= 4 is 11.8 Å². The molecule has 0 saturated heterocycles. The Morgan fingerprint density at radius 3 is 2.35 bits per heavy atom. The molecule has 2 rings (SSSR count). The van der Waals surface area contributed by atoms with Crippen LogP contribution in [0.25, 0.3) is 0 Å². The number of alkyl halides is 3. The normalized spacial score (nSPS) is 11.1. The van der Waals surface area contributed by atoms with Gasteiger partial charge in [0.05, 0.1) is 11.1 Å². The molecule has 0 saturated carbocycles. The Bertz CT molecular complexity index is 630. The lowest BCUT2D eigenvalue weighted by molar-refractivity contribution is -0.137. The van der Waals surface area contributed by atoms with E-state index in [1.807, 2.05) is 36.4 Å². The quantitative estimate of drug-likeness (QED) is 0.754. The highest BCUT2D eigenvalue weighted by Crippen LogP contribution is 2.33. The minimum Gasteiger partial charge on any atom is -0.192 e. The lowest BCUT2D eigenvalue weighted by atomic mass is 10.1. The summed E-state index contributed by atoms with van der Waals surface area (Å²) >= 11 is 1.35. The van der Waals surface area contributed by atoms with E-state index in [-0.39, 0.29) is 5.56 Å². The first-order valence-corrected chi connectivity index (χ1v) is 6.77. The Kier molecular flexibility index (Phi) is 4.35. The molecule has 0 aromatic heterocycles. The molecule has 0 fully saturated rings. The minimum absolute atomic E-state index is 0.0563. The first-order valence-electron chi connectivity index (χ1n) is 5.79. The zero-order chi connectivity index (χ0) is 14.6. The molecule has 0 atom stereocenters. The van der Waals surface area contributed by atoms with Crippen molar-refractivity contribution in [3.8, 4) is 6.07 Å². The summed E-state index contributed by atoms with van der Waals surface area (Å²) in [5, 5.41) is 8.98. The molecule has 0 N–H and O–H groups in total. The van der Waals surface area contributed by atoms with Crippen LogP contribution in [0.1, 0.15) is 16.7 Å². The Morgan fingerprint density at radius 1 is 1.05 bits per heavy atom. The molecule has 0 bridgehead atoms. The van der Waals surface area contributed by atoms with Crippen molar-refractivity contribution in [3.05, 3.63) is 65.2 Å². The third-order valence-corrected chi connectivity index (χ3v) is 3.81. The van der Waals surface area contributed by atoms with Crippen molar-refractivity contribution in [1.29, 1.82) is 5.26 Å². The minimum atomic E-state index is -4.42. The van der Waals surface area contributed by atoms with Crippen molar-refractivity contribution in [1.82, 2.24) is 0 Å². The summed E-state index contributed by atoms with van der Waals surface area (Å²) in [4.78, 5) is 0.560. The predicted molar refractivity (Wildman–Crippen MR) is 72.2 cm³/mol. The van der Waals surface area contributed by atoms with Gasteiger partial charge in [0.15, 0.2) is 0 Å². The largest absolute Gasteiger partial charge is 0.416 e. The number of rotatable bonds is 3. The molecular formula is C15H10F3NS. The van der Waals surface area contributed by atoms with Crippen LogP contribution in [0, 0.1) is 11.3 Å². The average molecular weight is 293 g/mol. The molecule has 2 aromatic carbocycles. The maximum atomic E-state index is 12.6. The van der Waals surface area contributed by atoms with E-state index in [0.29, 0.717) is 10.6 Å². The van der Waals surface area contributed by atoms with E-state index in [1.54, 1.807) is 0 Å². The van der Waals surface area contributed by atoms with Crippen molar-refractivity contribution in [2.75, 3.05) is 0 Å². The Balaban J connectivity index is 2.19. The van der Waals surface area contributed by atoms with Crippen LogP contribution in [-0.4, -0.2) is 0 Å². The van der Waals surface area contributed by atoms with Crippen molar-refractivity contribution in [3.63, 3.8) is 0 Å². The zero-order valence-corrected chi connectivity index (χ0v) is 11.1. The van der Waals surface area contributed by atoms with E-state index in [4.69, 9.17) is 5.26 Å². The molecule has 1 nitrogen and oxygen atoms in total. The maximum Gasteiger partial charge on any atom is 0.416 e. The summed E-state index contributed by atoms with van der Waals surface area (Å²) in [5.74, 6) is 0.612. The van der Waals surface area contributed by atoms with Crippen molar-refractivity contribution in [2.45, 2.75) is 16.8 Å². The summed E-state index contributed by atoms with van der Waals surface area (Å²) in [6, 6.07) is 14.6. The van der Waals surface area contributed by atoms with Crippen molar-refractivity contribution < 1.29 is 13.2 Å². The number of halogens is 3. The van der Waals surface area contributed by atoms with E-state index in [0.717, 1.165) is 17.7 Å². The molecule has 0 unspecified atom stereocenters. The van der Waals surface area contributed by atoms with E-state index in [1.165, 1.54) is 17.8 Å². The van der Waals surface area contributed by atoms with Gasteiger partial charge in [0.2, 0.25) is 0 Å². The molecule has 0 amide bonds. The summed E-state index contributed by atoms with van der Waals surface area (Å²) in [6.45, 7) is 0. The number of hydrogen-bond acceptors (Lipinski definition) is 2. The summed E-state index contributed by atoms with van der Waals surface area (Å²) < 4.78 is 37.7. The molecule has 5 heteroatoms. The van der Waals surface area contributed by atoms with Gasteiger partial charge in [-0.15, -0.1) is 11.8 Å². The van der Waals surface area contributed by atoms with Crippen LogP contribution in [0.4, 0.5) is 13.2 Å². The first kappa shape index (κ1) is 14.5. The van der Waals surface area contributed by atoms with Crippen LogP contribution >= 0.6 is 11.8 Å². The van der Waals surface area contributed by atoms with Gasteiger partial charge < -0.3 is 0 Å². The summed E-state index contributed by atoms with van der Waals surface area (Å²) in [7, 11) is 0. The van der Waals surface area contributed by atoms with Gasteiger partial charge in [0.25, 0.3) is 0 Å². The van der Waals surface area contributed by atoms with Gasteiger partial charge >= 0.3 is 6.18 Å². The van der Waals surface area contributed by atoms with Crippen LogP contribution in [0.5, 0.6) is 0 Å². The van der Waals surface area contributed by atoms with Crippen LogP contribution in [0.2, 0.25) is 0 Å². The van der Waals surface area contributed by atoms with Crippen LogP contribution in [0.3, 0.4) is 0 Å². The van der Waals surface area contributed by atoms with E-state index in [2.05, 4.69) is 0 Å². The van der Waals surface area contributed by atoms with Crippen LogP contribution in [-0.2, 0) is 11.9 Å². The Hall–Kier alpha value is -1.93. The van der Waals surface area contributed by atoms with E-state index >= 15 is 0 Å². The number of nitrogens with zero attached hydrogens (tertiary/aromatic N) is 1. The lowest BCUT2D eigenvalue weighted by Crippen LogP contribution is -2.05. The smallest absolute Gasteiger partial charge is 0.192 e. The van der Waals surface area contributed by atoms with E-state index < -0.39 is 11.7 Å². The second-order valence-electron chi connectivity index (χ2n) is 4.09. The van der Waals surface area contributed by atoms with Gasteiger partial charge in [-0.2, -0.15) is 18.4 Å². The predicted octanol–water partition coefficient (Wildman–Crippen LogP) is 4.87. The fourth-order valence-electron chi connectivity index (χ4n) is 1.65. The molecule has 0 aliphatic carbocycles. The Labute approximate surface area is 119 Å². The fraction of sp³-hybridized carbons (Fsp3) is 0.133. The third-order valence-electron chi connectivity index (χ3n) is 2.66. The van der Waals surface area contributed by atoms with E-state index in [9.17, 15) is 13.2 Å². The van der Waals surface area contributed by atoms with Gasteiger partial charge in [0.1, 0.15) is 6.07 Å². The summed E-state index contributed by atoms with van der Waals surface area (Å²) in [5.41, 5.74) is 0.320. The second kappa shape index (κ2) is 6.02. The number of hydrogen-bond donors (Lipinski definition) is 0. The molecule has 0 aliphatic rings.